The van der Waals surface area contributed by atoms with Crippen molar-refractivity contribution in [2.75, 3.05) is 11.9 Å². The number of hydrogen-bond acceptors (Lipinski definition) is 5. The summed E-state index contributed by atoms with van der Waals surface area (Å²) in [4.78, 5) is 13.9. The van der Waals surface area contributed by atoms with Gasteiger partial charge in [0.2, 0.25) is 5.95 Å². The Hall–Kier alpha value is -2.50. The van der Waals surface area contributed by atoms with Crippen LogP contribution < -0.4 is 4.90 Å². The molecule has 0 aliphatic carbocycles. The molecule has 0 aliphatic heterocycles. The second-order valence-corrected chi connectivity index (χ2v) is 4.05. The van der Waals surface area contributed by atoms with Crippen molar-refractivity contribution in [1.82, 2.24) is 25.1 Å². The van der Waals surface area contributed by atoms with Gasteiger partial charge in [-0.1, -0.05) is 0 Å². The summed E-state index contributed by atoms with van der Waals surface area (Å²) in [5, 5.41) is 8.35. The van der Waals surface area contributed by atoms with E-state index in [0.29, 0.717) is 5.95 Å². The summed E-state index contributed by atoms with van der Waals surface area (Å²) < 4.78 is 0. The number of nitrogens with zero attached hydrogens (tertiary/aromatic N) is 5. The molecule has 0 fully saturated rings. The predicted octanol–water partition coefficient (Wildman–Crippen LogP) is 1.82. The van der Waals surface area contributed by atoms with Gasteiger partial charge >= 0.3 is 0 Å². The number of aromatic amines is 1. The third kappa shape index (κ3) is 1.67. The molecule has 3 aromatic rings. The van der Waals surface area contributed by atoms with Crippen molar-refractivity contribution in [1.29, 1.82) is 0 Å². The van der Waals surface area contributed by atoms with Gasteiger partial charge in [0.25, 0.3) is 0 Å². The zero-order chi connectivity index (χ0) is 12.5. The minimum Gasteiger partial charge on any atom is -0.313 e. The second kappa shape index (κ2) is 4.06. The fourth-order valence-electron chi connectivity index (χ4n) is 1.86. The monoisotopic (exact) mass is 240 g/mol. The Kier molecular flexibility index (Phi) is 2.40. The molecule has 18 heavy (non-hydrogen) atoms. The molecule has 2 aromatic heterocycles. The summed E-state index contributed by atoms with van der Waals surface area (Å²) in [6.07, 6.45) is 2.96. The molecule has 0 atom stereocenters. The van der Waals surface area contributed by atoms with Crippen molar-refractivity contribution in [3.63, 3.8) is 0 Å². The quantitative estimate of drug-likeness (QED) is 0.739. The van der Waals surface area contributed by atoms with Gasteiger partial charge in [-0.15, -0.1) is 0 Å². The number of nitrogens with one attached hydrogen (secondary N) is 1. The van der Waals surface area contributed by atoms with Crippen LogP contribution in [0.5, 0.6) is 0 Å². The summed E-state index contributed by atoms with van der Waals surface area (Å²) in [6.45, 7) is 2.00. The molecular formula is C12H12N6. The zero-order valence-corrected chi connectivity index (χ0v) is 10.1. The van der Waals surface area contributed by atoms with E-state index in [9.17, 15) is 0 Å². The van der Waals surface area contributed by atoms with E-state index in [1.807, 2.05) is 37.1 Å². The molecular weight excluding hydrogens is 228 g/mol. The Labute approximate surface area is 104 Å². The van der Waals surface area contributed by atoms with Crippen LogP contribution in [-0.2, 0) is 0 Å². The van der Waals surface area contributed by atoms with Gasteiger partial charge in [-0.25, -0.2) is 15.0 Å². The molecule has 3 rings (SSSR count). The van der Waals surface area contributed by atoms with Crippen molar-refractivity contribution in [2.24, 2.45) is 0 Å². The molecule has 0 radical (unpaired) electrons. The molecule has 1 aromatic carbocycles. The summed E-state index contributed by atoms with van der Waals surface area (Å²) in [5.41, 5.74) is 2.99. The van der Waals surface area contributed by atoms with Crippen molar-refractivity contribution in [3.8, 4) is 0 Å². The molecule has 0 aliphatic rings. The summed E-state index contributed by atoms with van der Waals surface area (Å²) in [6, 6.07) is 6.07. The van der Waals surface area contributed by atoms with Crippen LogP contribution in [0.4, 0.5) is 11.6 Å². The Morgan fingerprint density at radius 2 is 1.94 bits per heavy atom. The molecule has 0 amide bonds. The number of rotatable bonds is 2. The highest BCUT2D eigenvalue weighted by Crippen LogP contribution is 2.24. The topological polar surface area (TPSA) is 70.6 Å². The first-order chi connectivity index (χ1) is 8.75. The van der Waals surface area contributed by atoms with Crippen LogP contribution in [0.25, 0.3) is 10.9 Å². The first-order valence-electron chi connectivity index (χ1n) is 5.56. The lowest BCUT2D eigenvalue weighted by atomic mass is 10.2. The van der Waals surface area contributed by atoms with Gasteiger partial charge in [-0.3, -0.25) is 5.10 Å². The standard InChI is InChI=1S/C12H12N6/c1-8-10-4-3-9(5-11(10)17-16-8)18(2)12-14-6-13-7-15-12/h3-7H,1-2H3,(H,16,17). The maximum atomic E-state index is 4.25. The van der Waals surface area contributed by atoms with Crippen LogP contribution in [0.15, 0.2) is 30.9 Å². The van der Waals surface area contributed by atoms with Crippen LogP contribution in [0, 0.1) is 6.92 Å². The molecule has 0 saturated carbocycles. The number of aryl methyl sites for hydroxylation is 1. The van der Waals surface area contributed by atoms with Gasteiger partial charge in [-0.05, 0) is 25.1 Å². The van der Waals surface area contributed by atoms with Crippen LogP contribution in [0.3, 0.4) is 0 Å². The lowest BCUT2D eigenvalue weighted by Crippen LogP contribution is -2.12. The van der Waals surface area contributed by atoms with E-state index in [1.54, 1.807) is 0 Å². The minimum atomic E-state index is 0.608. The number of H-pyrrole nitrogens is 1. The van der Waals surface area contributed by atoms with Gasteiger partial charge < -0.3 is 4.90 Å². The van der Waals surface area contributed by atoms with Gasteiger partial charge in [0.05, 0.1) is 5.52 Å². The summed E-state index contributed by atoms with van der Waals surface area (Å²) >= 11 is 0. The Morgan fingerprint density at radius 1 is 1.17 bits per heavy atom. The number of aromatic nitrogens is 5. The smallest absolute Gasteiger partial charge is 0.232 e. The molecule has 0 unspecified atom stereocenters. The first-order valence-corrected chi connectivity index (χ1v) is 5.56. The maximum Gasteiger partial charge on any atom is 0.232 e. The zero-order valence-electron chi connectivity index (χ0n) is 10.1. The highest BCUT2D eigenvalue weighted by atomic mass is 15.2. The van der Waals surface area contributed by atoms with E-state index >= 15 is 0 Å². The van der Waals surface area contributed by atoms with Crippen LogP contribution >= 0.6 is 0 Å². The molecule has 0 saturated heterocycles. The lowest BCUT2D eigenvalue weighted by molar-refractivity contribution is 0.984. The third-order valence-electron chi connectivity index (χ3n) is 2.90. The van der Waals surface area contributed by atoms with E-state index < -0.39 is 0 Å². The molecule has 1 N–H and O–H groups in total. The Morgan fingerprint density at radius 3 is 2.72 bits per heavy atom. The molecule has 0 bridgehead atoms. The minimum absolute atomic E-state index is 0.608. The van der Waals surface area contributed by atoms with E-state index in [4.69, 9.17) is 0 Å². The van der Waals surface area contributed by atoms with E-state index in [2.05, 4.69) is 25.1 Å². The highest BCUT2D eigenvalue weighted by Gasteiger charge is 2.08. The van der Waals surface area contributed by atoms with Crippen LogP contribution in [0.1, 0.15) is 5.69 Å². The fourth-order valence-corrected chi connectivity index (χ4v) is 1.86. The number of anilines is 2. The number of hydrogen-bond donors (Lipinski definition) is 1. The van der Waals surface area contributed by atoms with Crippen LogP contribution in [0.2, 0.25) is 0 Å². The Bertz CT molecular complexity index is 675. The normalized spacial score (nSPS) is 10.8. The molecule has 6 nitrogen and oxygen atoms in total. The largest absolute Gasteiger partial charge is 0.313 e. The van der Waals surface area contributed by atoms with Gasteiger partial charge in [0, 0.05) is 23.8 Å². The first kappa shape index (κ1) is 10.6. The van der Waals surface area contributed by atoms with E-state index in [0.717, 1.165) is 22.3 Å². The van der Waals surface area contributed by atoms with Crippen molar-refractivity contribution in [3.05, 3.63) is 36.5 Å². The Balaban J connectivity index is 2.04. The van der Waals surface area contributed by atoms with E-state index in [1.165, 1.54) is 12.7 Å². The number of fused-ring (bicyclic) bond motifs is 1. The average molecular weight is 240 g/mol. The van der Waals surface area contributed by atoms with Gasteiger partial charge in [-0.2, -0.15) is 5.10 Å². The third-order valence-corrected chi connectivity index (χ3v) is 2.90. The summed E-state index contributed by atoms with van der Waals surface area (Å²) in [5.74, 6) is 0.608. The second-order valence-electron chi connectivity index (χ2n) is 4.05. The predicted molar refractivity (Wildman–Crippen MR) is 68.7 cm³/mol. The molecule has 0 spiro atoms. The lowest BCUT2D eigenvalue weighted by Gasteiger charge is -2.16. The molecule has 90 valence electrons. The van der Waals surface area contributed by atoms with Crippen molar-refractivity contribution < 1.29 is 0 Å². The van der Waals surface area contributed by atoms with Crippen LogP contribution in [-0.4, -0.2) is 32.2 Å². The van der Waals surface area contributed by atoms with E-state index in [-0.39, 0.29) is 0 Å². The SMILES string of the molecule is Cc1[nH]nc2cc(N(C)c3ncncn3)ccc12. The maximum absolute atomic E-state index is 4.25. The molecule has 2 heterocycles. The van der Waals surface area contributed by atoms with Gasteiger partial charge in [0.15, 0.2) is 0 Å². The van der Waals surface area contributed by atoms with Crippen molar-refractivity contribution in [2.45, 2.75) is 6.92 Å². The van der Waals surface area contributed by atoms with Crippen molar-refractivity contribution >= 4 is 22.5 Å². The average Bonchev–Trinajstić information content (AvgIpc) is 2.80. The highest BCUT2D eigenvalue weighted by molar-refractivity contribution is 5.85. The number of benzene rings is 1. The molecule has 6 heteroatoms. The fraction of sp³-hybridized carbons (Fsp3) is 0.167. The summed E-state index contributed by atoms with van der Waals surface area (Å²) in [7, 11) is 1.91. The van der Waals surface area contributed by atoms with Gasteiger partial charge in [0.1, 0.15) is 12.7 Å².